The van der Waals surface area contributed by atoms with E-state index in [2.05, 4.69) is 10.5 Å². The lowest BCUT2D eigenvalue weighted by Gasteiger charge is -2.17. The molecule has 1 aromatic heterocycles. The molecule has 0 unspecified atom stereocenters. The lowest BCUT2D eigenvalue weighted by Crippen LogP contribution is -2.25. The Kier molecular flexibility index (Phi) is 3.54. The molecule has 0 aliphatic carbocycles. The monoisotopic (exact) mass is 301 g/mol. The summed E-state index contributed by atoms with van der Waals surface area (Å²) in [6.07, 6.45) is 0.310. The number of rotatable bonds is 2. The van der Waals surface area contributed by atoms with Crippen LogP contribution in [0, 0.1) is 6.92 Å². The fourth-order valence-corrected chi connectivity index (χ4v) is 2.21. The van der Waals surface area contributed by atoms with Gasteiger partial charge in [0, 0.05) is 18.7 Å². The highest BCUT2D eigenvalue weighted by Crippen LogP contribution is 2.31. The van der Waals surface area contributed by atoms with Crippen LogP contribution in [0.3, 0.4) is 0 Å². The highest BCUT2D eigenvalue weighted by atomic mass is 16.5. The molecule has 0 saturated heterocycles. The molecule has 22 heavy (non-hydrogen) atoms. The van der Waals surface area contributed by atoms with Crippen LogP contribution in [0.1, 0.15) is 22.5 Å². The third-order valence-electron chi connectivity index (χ3n) is 3.40. The summed E-state index contributed by atoms with van der Waals surface area (Å²) < 4.78 is 10.4. The fraction of sp³-hybridized carbons (Fsp3) is 0.267. The number of aromatic nitrogens is 1. The molecule has 0 saturated carbocycles. The van der Waals surface area contributed by atoms with Crippen molar-refractivity contribution < 1.29 is 18.8 Å². The van der Waals surface area contributed by atoms with E-state index in [0.29, 0.717) is 41.6 Å². The maximum Gasteiger partial charge on any atom is 0.256 e. The van der Waals surface area contributed by atoms with Gasteiger partial charge in [-0.25, -0.2) is 0 Å². The summed E-state index contributed by atoms with van der Waals surface area (Å²) in [6, 6.07) is 6.58. The molecule has 0 fully saturated rings. The van der Waals surface area contributed by atoms with Gasteiger partial charge in [0.1, 0.15) is 11.5 Å². The van der Waals surface area contributed by atoms with E-state index in [0.717, 1.165) is 0 Å². The van der Waals surface area contributed by atoms with E-state index in [1.165, 1.54) is 4.90 Å². The number of hydrogen-bond donors (Lipinski definition) is 1. The molecule has 1 aliphatic heterocycles. The van der Waals surface area contributed by atoms with Crippen molar-refractivity contribution in [2.45, 2.75) is 13.3 Å². The molecule has 7 heteroatoms. The molecule has 0 radical (unpaired) electrons. The third-order valence-corrected chi connectivity index (χ3v) is 3.40. The zero-order valence-corrected chi connectivity index (χ0v) is 12.3. The summed E-state index contributed by atoms with van der Waals surface area (Å²) in [5.41, 5.74) is 0.982. The van der Waals surface area contributed by atoms with Crippen molar-refractivity contribution >= 4 is 23.3 Å². The van der Waals surface area contributed by atoms with Crippen molar-refractivity contribution in [1.82, 2.24) is 5.16 Å². The number of hydrogen-bond acceptors (Lipinski definition) is 5. The van der Waals surface area contributed by atoms with Gasteiger partial charge in [0.15, 0.2) is 5.82 Å². The number of fused-ring (bicyclic) bond motifs is 1. The van der Waals surface area contributed by atoms with Crippen molar-refractivity contribution in [2.75, 3.05) is 23.9 Å². The molecule has 7 nitrogen and oxygen atoms in total. The minimum absolute atomic E-state index is 0.0524. The Bertz CT molecular complexity index is 738. The van der Waals surface area contributed by atoms with Crippen LogP contribution >= 0.6 is 0 Å². The smallest absolute Gasteiger partial charge is 0.256 e. The first-order valence-corrected chi connectivity index (χ1v) is 6.82. The fourth-order valence-electron chi connectivity index (χ4n) is 2.21. The molecular formula is C15H15N3O4. The summed E-state index contributed by atoms with van der Waals surface area (Å²) in [5.74, 6) is 1.15. The number of carbonyl (C=O) groups excluding carboxylic acids is 2. The highest BCUT2D eigenvalue weighted by molar-refractivity contribution is 6.05. The summed E-state index contributed by atoms with van der Waals surface area (Å²) in [6.45, 7) is 2.07. The molecule has 1 aliphatic rings. The summed E-state index contributed by atoms with van der Waals surface area (Å²) in [7, 11) is 1.67. The molecule has 1 aromatic carbocycles. The largest absolute Gasteiger partial charge is 0.491 e. The van der Waals surface area contributed by atoms with Gasteiger partial charge in [0.25, 0.3) is 5.91 Å². The SMILES string of the molecule is Cc1cc(NC(=O)c2ccc3c(c2)N(C)C(=O)CCO3)no1. The van der Waals surface area contributed by atoms with Gasteiger partial charge in [-0.15, -0.1) is 0 Å². The molecular weight excluding hydrogens is 286 g/mol. The van der Waals surface area contributed by atoms with E-state index in [4.69, 9.17) is 9.26 Å². The number of ether oxygens (including phenoxy) is 1. The Labute approximate surface area is 126 Å². The Morgan fingerprint density at radius 1 is 1.36 bits per heavy atom. The predicted octanol–water partition coefficient (Wildman–Crippen LogP) is 1.98. The summed E-state index contributed by atoms with van der Waals surface area (Å²) in [5, 5.41) is 6.35. The van der Waals surface area contributed by atoms with Crippen LogP contribution in [0.4, 0.5) is 11.5 Å². The molecule has 3 rings (SSSR count). The second-order valence-electron chi connectivity index (χ2n) is 5.01. The van der Waals surface area contributed by atoms with Crippen LogP contribution in [-0.2, 0) is 4.79 Å². The summed E-state index contributed by atoms with van der Waals surface area (Å²) in [4.78, 5) is 25.6. The van der Waals surface area contributed by atoms with Gasteiger partial charge in [0.05, 0.1) is 18.7 Å². The van der Waals surface area contributed by atoms with Gasteiger partial charge in [-0.2, -0.15) is 0 Å². The Morgan fingerprint density at radius 2 is 2.18 bits per heavy atom. The first-order valence-electron chi connectivity index (χ1n) is 6.82. The maximum absolute atomic E-state index is 12.2. The quantitative estimate of drug-likeness (QED) is 0.916. The second-order valence-corrected chi connectivity index (χ2v) is 5.01. The first kappa shape index (κ1) is 14.1. The highest BCUT2D eigenvalue weighted by Gasteiger charge is 2.21. The van der Waals surface area contributed by atoms with E-state index >= 15 is 0 Å². The normalized spacial score (nSPS) is 14.1. The predicted molar refractivity (Wildman–Crippen MR) is 79.2 cm³/mol. The van der Waals surface area contributed by atoms with Crippen LogP contribution < -0.4 is 15.0 Å². The Hall–Kier alpha value is -2.83. The molecule has 2 amide bonds. The van der Waals surface area contributed by atoms with Gasteiger partial charge >= 0.3 is 0 Å². The van der Waals surface area contributed by atoms with Crippen LogP contribution in [0.5, 0.6) is 5.75 Å². The van der Waals surface area contributed by atoms with Crippen LogP contribution in [-0.4, -0.2) is 30.6 Å². The average molecular weight is 301 g/mol. The van der Waals surface area contributed by atoms with Crippen LogP contribution in [0.15, 0.2) is 28.8 Å². The van der Waals surface area contributed by atoms with Crippen molar-refractivity contribution in [3.63, 3.8) is 0 Å². The Balaban J connectivity index is 1.87. The van der Waals surface area contributed by atoms with E-state index in [1.807, 2.05) is 0 Å². The number of nitrogens with one attached hydrogen (secondary N) is 1. The van der Waals surface area contributed by atoms with Crippen molar-refractivity contribution in [2.24, 2.45) is 0 Å². The minimum Gasteiger partial charge on any atom is -0.491 e. The molecule has 114 valence electrons. The van der Waals surface area contributed by atoms with Crippen LogP contribution in [0.25, 0.3) is 0 Å². The van der Waals surface area contributed by atoms with E-state index < -0.39 is 0 Å². The third kappa shape index (κ3) is 2.65. The number of carbonyl (C=O) groups is 2. The minimum atomic E-state index is -0.332. The van der Waals surface area contributed by atoms with Gasteiger partial charge in [-0.1, -0.05) is 5.16 Å². The molecule has 2 aromatic rings. The van der Waals surface area contributed by atoms with E-state index in [-0.39, 0.29) is 11.8 Å². The molecule has 0 bridgehead atoms. The lowest BCUT2D eigenvalue weighted by molar-refractivity contribution is -0.118. The van der Waals surface area contributed by atoms with E-state index in [1.54, 1.807) is 38.2 Å². The Morgan fingerprint density at radius 3 is 2.91 bits per heavy atom. The lowest BCUT2D eigenvalue weighted by atomic mass is 10.1. The van der Waals surface area contributed by atoms with Gasteiger partial charge in [-0.05, 0) is 25.1 Å². The number of benzene rings is 1. The molecule has 0 atom stereocenters. The van der Waals surface area contributed by atoms with Gasteiger partial charge in [0.2, 0.25) is 5.91 Å². The average Bonchev–Trinajstić information content (AvgIpc) is 2.85. The van der Waals surface area contributed by atoms with Crippen molar-refractivity contribution in [1.29, 1.82) is 0 Å². The van der Waals surface area contributed by atoms with E-state index in [9.17, 15) is 9.59 Å². The number of nitrogens with zero attached hydrogens (tertiary/aromatic N) is 2. The molecule has 1 N–H and O–H groups in total. The maximum atomic E-state index is 12.2. The molecule has 2 heterocycles. The van der Waals surface area contributed by atoms with Crippen molar-refractivity contribution in [3.05, 3.63) is 35.6 Å². The van der Waals surface area contributed by atoms with Crippen LogP contribution in [0.2, 0.25) is 0 Å². The van der Waals surface area contributed by atoms with Gasteiger partial charge < -0.3 is 19.5 Å². The standard InChI is InChI=1S/C15H15N3O4/c1-9-7-13(17-22-9)16-15(20)10-3-4-12-11(8-10)18(2)14(19)5-6-21-12/h3-4,7-8H,5-6H2,1-2H3,(H,16,17,20). The second kappa shape index (κ2) is 5.51. The van der Waals surface area contributed by atoms with Gasteiger partial charge in [-0.3, -0.25) is 9.59 Å². The molecule has 0 spiro atoms. The number of amides is 2. The topological polar surface area (TPSA) is 84.7 Å². The summed E-state index contributed by atoms with van der Waals surface area (Å²) >= 11 is 0. The number of anilines is 2. The first-order chi connectivity index (χ1) is 10.5. The number of aryl methyl sites for hydroxylation is 1. The van der Waals surface area contributed by atoms with Crippen molar-refractivity contribution in [3.8, 4) is 5.75 Å². The zero-order valence-electron chi connectivity index (χ0n) is 12.3. The zero-order chi connectivity index (χ0) is 15.7.